The van der Waals surface area contributed by atoms with E-state index in [-0.39, 0.29) is 23.8 Å². The molecule has 3 aromatic rings. The maximum absolute atomic E-state index is 13.7. The Balaban J connectivity index is 0.00000180. The summed E-state index contributed by atoms with van der Waals surface area (Å²) in [6.07, 6.45) is 4.19. The number of hydrogen-bond donors (Lipinski definition) is 1. The van der Waals surface area contributed by atoms with Crippen molar-refractivity contribution in [1.82, 2.24) is 24.5 Å². The van der Waals surface area contributed by atoms with Gasteiger partial charge in [0.2, 0.25) is 5.78 Å². The van der Waals surface area contributed by atoms with Crippen molar-refractivity contribution in [2.75, 3.05) is 6.54 Å². The maximum atomic E-state index is 13.7. The van der Waals surface area contributed by atoms with Crippen molar-refractivity contribution in [3.63, 3.8) is 0 Å². The fourth-order valence-corrected chi connectivity index (χ4v) is 4.52. The Morgan fingerprint density at radius 2 is 2.19 bits per heavy atom. The molecule has 1 N–H and O–H groups in total. The van der Waals surface area contributed by atoms with Gasteiger partial charge in [0.05, 0.1) is 5.56 Å². The van der Waals surface area contributed by atoms with Gasteiger partial charge in [-0.15, -0.1) is 17.5 Å². The van der Waals surface area contributed by atoms with Crippen molar-refractivity contribution < 1.29 is 4.39 Å². The zero-order valence-corrected chi connectivity index (χ0v) is 15.7. The highest BCUT2D eigenvalue weighted by atomic mass is 35.5. The number of halogens is 2. The Labute approximate surface area is 161 Å². The number of aryl methyl sites for hydroxylation is 1. The molecular weight excluding hydrogens is 369 g/mol. The lowest BCUT2D eigenvalue weighted by molar-refractivity contribution is 0.312. The summed E-state index contributed by atoms with van der Waals surface area (Å²) in [6.45, 7) is 3.64. The van der Waals surface area contributed by atoms with Crippen LogP contribution in [0.3, 0.4) is 0 Å². The van der Waals surface area contributed by atoms with E-state index in [0.717, 1.165) is 19.5 Å². The van der Waals surface area contributed by atoms with Gasteiger partial charge in [0.1, 0.15) is 11.6 Å². The summed E-state index contributed by atoms with van der Waals surface area (Å²) in [5.41, 5.74) is 0.744. The second-order valence-corrected chi connectivity index (χ2v) is 7.48. The Bertz CT molecular complexity index is 1060. The van der Waals surface area contributed by atoms with Crippen molar-refractivity contribution in [3.8, 4) is 11.1 Å². The van der Waals surface area contributed by atoms with Crippen LogP contribution in [0.4, 0.5) is 4.39 Å². The molecule has 3 heterocycles. The van der Waals surface area contributed by atoms with Crippen LogP contribution in [0.25, 0.3) is 16.9 Å². The van der Waals surface area contributed by atoms with Gasteiger partial charge in [-0.25, -0.2) is 4.39 Å². The predicted octanol–water partition coefficient (Wildman–Crippen LogP) is 2.43. The Morgan fingerprint density at radius 3 is 2.89 bits per heavy atom. The molecule has 3 atom stereocenters. The van der Waals surface area contributed by atoms with Gasteiger partial charge in [0, 0.05) is 18.8 Å². The van der Waals surface area contributed by atoms with E-state index in [9.17, 15) is 9.18 Å². The van der Waals surface area contributed by atoms with Crippen molar-refractivity contribution in [3.05, 3.63) is 52.5 Å². The van der Waals surface area contributed by atoms with Gasteiger partial charge in [0.15, 0.2) is 0 Å². The fraction of sp³-hybridized carbons (Fsp3) is 0.421. The van der Waals surface area contributed by atoms with Crippen LogP contribution < -0.4 is 10.9 Å². The second kappa shape index (κ2) is 6.73. The normalized spacial score (nSPS) is 23.7. The highest BCUT2D eigenvalue weighted by Crippen LogP contribution is 2.37. The minimum absolute atomic E-state index is 0. The molecule has 8 heteroatoms. The zero-order chi connectivity index (χ0) is 17.8. The van der Waals surface area contributed by atoms with Gasteiger partial charge in [-0.05, 0) is 55.8 Å². The molecule has 1 aliphatic carbocycles. The van der Waals surface area contributed by atoms with Gasteiger partial charge in [-0.3, -0.25) is 4.79 Å². The number of piperidine rings is 1. The summed E-state index contributed by atoms with van der Waals surface area (Å²) in [6, 6.07) is 6.75. The zero-order valence-electron chi connectivity index (χ0n) is 14.9. The summed E-state index contributed by atoms with van der Waals surface area (Å²) < 4.78 is 17.1. The molecule has 27 heavy (non-hydrogen) atoms. The number of fused-ring (bicyclic) bond motifs is 3. The molecule has 2 aliphatic rings. The summed E-state index contributed by atoms with van der Waals surface area (Å²) >= 11 is 0. The lowest BCUT2D eigenvalue weighted by Gasteiger charge is -2.23. The van der Waals surface area contributed by atoms with Crippen molar-refractivity contribution in [2.24, 2.45) is 11.8 Å². The summed E-state index contributed by atoms with van der Waals surface area (Å²) in [4.78, 5) is 17.3. The molecule has 0 amide bonds. The van der Waals surface area contributed by atoms with Crippen LogP contribution in [0.1, 0.15) is 18.7 Å². The van der Waals surface area contributed by atoms with Gasteiger partial charge in [-0.2, -0.15) is 9.50 Å². The molecule has 142 valence electrons. The first-order valence-corrected chi connectivity index (χ1v) is 9.04. The summed E-state index contributed by atoms with van der Waals surface area (Å²) in [5.74, 6) is 1.98. The Hall–Kier alpha value is -2.25. The number of nitrogens with one attached hydrogen (secondary N) is 1. The molecule has 0 radical (unpaired) electrons. The van der Waals surface area contributed by atoms with Crippen molar-refractivity contribution in [1.29, 1.82) is 0 Å². The van der Waals surface area contributed by atoms with E-state index in [4.69, 9.17) is 0 Å². The van der Waals surface area contributed by atoms with Gasteiger partial charge in [-0.1, -0.05) is 12.1 Å². The van der Waals surface area contributed by atoms with Crippen LogP contribution >= 0.6 is 12.4 Å². The predicted molar refractivity (Wildman–Crippen MR) is 103 cm³/mol. The van der Waals surface area contributed by atoms with E-state index in [1.807, 2.05) is 10.8 Å². The van der Waals surface area contributed by atoms with E-state index in [1.54, 1.807) is 19.1 Å². The molecule has 0 unspecified atom stereocenters. The van der Waals surface area contributed by atoms with Crippen LogP contribution in [-0.2, 0) is 6.54 Å². The quantitative estimate of drug-likeness (QED) is 0.747. The van der Waals surface area contributed by atoms with Crippen molar-refractivity contribution >= 4 is 18.2 Å². The SMILES string of the molecule is Cc1nc2n(C[C@H]3C[C@H]4C[C@@H]3CN4)cc(-c3cccc(F)c3)c(=O)n2n1.Cl. The molecule has 2 bridgehead atoms. The number of rotatable bonds is 3. The van der Waals surface area contributed by atoms with Gasteiger partial charge in [0.25, 0.3) is 5.56 Å². The highest BCUT2D eigenvalue weighted by molar-refractivity contribution is 5.85. The summed E-state index contributed by atoms with van der Waals surface area (Å²) in [7, 11) is 0. The second-order valence-electron chi connectivity index (χ2n) is 7.48. The molecule has 2 aromatic heterocycles. The third-order valence-corrected chi connectivity index (χ3v) is 5.74. The first-order valence-electron chi connectivity index (χ1n) is 9.04. The first kappa shape index (κ1) is 18.1. The fourth-order valence-electron chi connectivity index (χ4n) is 4.52. The number of aromatic nitrogens is 4. The van der Waals surface area contributed by atoms with Crippen LogP contribution in [0, 0.1) is 24.6 Å². The number of nitrogens with zero attached hydrogens (tertiary/aromatic N) is 4. The minimum Gasteiger partial charge on any atom is -0.316 e. The van der Waals surface area contributed by atoms with Gasteiger partial charge < -0.3 is 9.88 Å². The third-order valence-electron chi connectivity index (χ3n) is 5.74. The Morgan fingerprint density at radius 1 is 1.33 bits per heavy atom. The van der Waals surface area contributed by atoms with Crippen LogP contribution in [0.15, 0.2) is 35.3 Å². The highest BCUT2D eigenvalue weighted by Gasteiger charge is 2.39. The van der Waals surface area contributed by atoms with E-state index >= 15 is 0 Å². The first-order chi connectivity index (χ1) is 12.6. The van der Waals surface area contributed by atoms with E-state index in [2.05, 4.69) is 15.4 Å². The third kappa shape index (κ3) is 3.04. The molecule has 0 spiro atoms. The maximum Gasteiger partial charge on any atom is 0.283 e. The molecule has 2 fully saturated rings. The molecule has 1 aliphatic heterocycles. The molecule has 1 saturated heterocycles. The van der Waals surface area contributed by atoms with E-state index in [1.165, 1.54) is 23.1 Å². The molecule has 5 rings (SSSR count). The minimum atomic E-state index is -0.359. The lowest BCUT2D eigenvalue weighted by atomic mass is 9.95. The van der Waals surface area contributed by atoms with E-state index < -0.39 is 0 Å². The largest absolute Gasteiger partial charge is 0.316 e. The summed E-state index contributed by atoms with van der Waals surface area (Å²) in [5, 5.41) is 7.80. The molecule has 1 saturated carbocycles. The topological polar surface area (TPSA) is 64.2 Å². The van der Waals surface area contributed by atoms with Crippen LogP contribution in [0.5, 0.6) is 0 Å². The van der Waals surface area contributed by atoms with Crippen LogP contribution in [-0.4, -0.2) is 31.8 Å². The molecule has 1 aromatic carbocycles. The standard InChI is InChI=1S/C19H20FN5O.ClH/c1-11-22-19-24(9-14-7-16-6-13(14)8-21-16)10-17(18(26)25(19)23-11)12-3-2-4-15(20)5-12;/h2-5,10,13-14,16,21H,6-9H2,1H3;1H/t13-,14-,16-;/m1./s1. The van der Waals surface area contributed by atoms with Crippen LogP contribution in [0.2, 0.25) is 0 Å². The number of hydrogen-bond acceptors (Lipinski definition) is 4. The van der Waals surface area contributed by atoms with E-state index in [0.29, 0.717) is 40.6 Å². The van der Waals surface area contributed by atoms with Crippen molar-refractivity contribution in [2.45, 2.75) is 32.4 Å². The average Bonchev–Trinajstić information content (AvgIpc) is 3.32. The molecular formula is C19H21ClFN5O. The van der Waals surface area contributed by atoms with Gasteiger partial charge >= 0.3 is 0 Å². The Kier molecular flexibility index (Phi) is 4.52. The average molecular weight is 390 g/mol. The lowest BCUT2D eigenvalue weighted by Crippen LogP contribution is -2.32. The monoisotopic (exact) mass is 389 g/mol. The number of benzene rings is 1. The smallest absolute Gasteiger partial charge is 0.283 e. The molecule has 6 nitrogen and oxygen atoms in total.